The minimum Gasteiger partial charge on any atom is -0.496 e. The lowest BCUT2D eigenvalue weighted by molar-refractivity contribution is 0.409. The van der Waals surface area contributed by atoms with Gasteiger partial charge in [-0.15, -0.1) is 24.0 Å². The third-order valence-electron chi connectivity index (χ3n) is 4.88. The Morgan fingerprint density at radius 1 is 1.15 bits per heavy atom. The molecule has 0 bridgehead atoms. The van der Waals surface area contributed by atoms with Crippen LogP contribution in [0.1, 0.15) is 18.1 Å². The Labute approximate surface area is 179 Å². The molecule has 0 saturated heterocycles. The fourth-order valence-electron chi connectivity index (χ4n) is 3.42. The molecule has 146 valence electrons. The maximum Gasteiger partial charge on any atom is 0.191 e. The van der Waals surface area contributed by atoms with Gasteiger partial charge in [0.25, 0.3) is 0 Å². The number of aliphatic imine (C=N–C) groups is 1. The van der Waals surface area contributed by atoms with Gasteiger partial charge in [-0.1, -0.05) is 36.4 Å². The van der Waals surface area contributed by atoms with Crippen molar-refractivity contribution in [1.82, 2.24) is 10.6 Å². The fraction of sp³-hybridized carbons (Fsp3) is 0.381. The zero-order valence-corrected chi connectivity index (χ0v) is 18.6. The third kappa shape index (κ3) is 5.28. The Morgan fingerprint density at radius 2 is 1.89 bits per heavy atom. The number of fused-ring (bicyclic) bond motifs is 1. The molecule has 0 aromatic heterocycles. The summed E-state index contributed by atoms with van der Waals surface area (Å²) in [4.78, 5) is 6.80. The van der Waals surface area contributed by atoms with Gasteiger partial charge in [-0.05, 0) is 31.0 Å². The van der Waals surface area contributed by atoms with Crippen LogP contribution in [0.3, 0.4) is 0 Å². The van der Waals surface area contributed by atoms with E-state index in [1.807, 2.05) is 18.2 Å². The zero-order chi connectivity index (χ0) is 18.4. The standard InChI is InChI=1S/C21H28N4O.HI/c1-16(25-13-12-17-8-4-6-10-19(17)25)14-23-21(22-2)24-15-18-9-5-7-11-20(18)26-3;/h4-11,16H,12-15H2,1-3H3,(H2,22,23,24);1H. The number of ether oxygens (including phenoxy) is 1. The summed E-state index contributed by atoms with van der Waals surface area (Å²) in [6.45, 7) is 4.84. The second kappa shape index (κ2) is 10.4. The molecule has 0 spiro atoms. The fourth-order valence-corrected chi connectivity index (χ4v) is 3.42. The van der Waals surface area contributed by atoms with Crippen LogP contribution < -0.4 is 20.3 Å². The summed E-state index contributed by atoms with van der Waals surface area (Å²) in [6, 6.07) is 17.1. The van der Waals surface area contributed by atoms with E-state index in [2.05, 4.69) is 57.8 Å². The van der Waals surface area contributed by atoms with Gasteiger partial charge in [0, 0.05) is 44.0 Å². The third-order valence-corrected chi connectivity index (χ3v) is 4.88. The van der Waals surface area contributed by atoms with Crippen molar-refractivity contribution in [2.75, 3.05) is 32.1 Å². The van der Waals surface area contributed by atoms with Crippen LogP contribution >= 0.6 is 24.0 Å². The molecule has 1 heterocycles. The smallest absolute Gasteiger partial charge is 0.191 e. The molecule has 1 unspecified atom stereocenters. The van der Waals surface area contributed by atoms with Crippen molar-refractivity contribution in [3.8, 4) is 5.75 Å². The van der Waals surface area contributed by atoms with E-state index in [-0.39, 0.29) is 24.0 Å². The number of halogens is 1. The second-order valence-electron chi connectivity index (χ2n) is 6.54. The van der Waals surface area contributed by atoms with Crippen LogP contribution in [0.4, 0.5) is 5.69 Å². The predicted molar refractivity (Wildman–Crippen MR) is 124 cm³/mol. The molecule has 2 N–H and O–H groups in total. The van der Waals surface area contributed by atoms with Crippen molar-refractivity contribution >= 4 is 35.6 Å². The molecular formula is C21H29IN4O. The lowest BCUT2D eigenvalue weighted by Crippen LogP contribution is -2.45. The topological polar surface area (TPSA) is 48.9 Å². The number of anilines is 1. The molecule has 27 heavy (non-hydrogen) atoms. The molecule has 1 aliphatic rings. The molecule has 5 nitrogen and oxygen atoms in total. The first kappa shape index (κ1) is 21.3. The van der Waals surface area contributed by atoms with E-state index in [0.717, 1.165) is 36.8 Å². The minimum absolute atomic E-state index is 0. The summed E-state index contributed by atoms with van der Waals surface area (Å²) in [5.41, 5.74) is 3.91. The van der Waals surface area contributed by atoms with Gasteiger partial charge < -0.3 is 20.3 Å². The van der Waals surface area contributed by atoms with Crippen molar-refractivity contribution in [2.24, 2.45) is 4.99 Å². The number of guanidine groups is 1. The normalized spacial score (nSPS) is 14.2. The molecule has 0 radical (unpaired) electrons. The minimum atomic E-state index is 0. The van der Waals surface area contributed by atoms with Crippen molar-refractivity contribution in [2.45, 2.75) is 25.9 Å². The van der Waals surface area contributed by atoms with E-state index in [1.165, 1.54) is 11.3 Å². The molecule has 6 heteroatoms. The Kier molecular flexibility index (Phi) is 8.22. The maximum absolute atomic E-state index is 5.40. The van der Waals surface area contributed by atoms with Crippen molar-refractivity contribution < 1.29 is 4.74 Å². The van der Waals surface area contributed by atoms with Gasteiger partial charge in [0.1, 0.15) is 5.75 Å². The van der Waals surface area contributed by atoms with Crippen LogP contribution in [0.25, 0.3) is 0 Å². The lowest BCUT2D eigenvalue weighted by atomic mass is 10.2. The molecule has 0 amide bonds. The number of para-hydroxylation sites is 2. The highest BCUT2D eigenvalue weighted by Gasteiger charge is 2.22. The largest absolute Gasteiger partial charge is 0.496 e. The van der Waals surface area contributed by atoms with E-state index in [1.54, 1.807) is 14.2 Å². The molecule has 2 aromatic carbocycles. The Morgan fingerprint density at radius 3 is 2.67 bits per heavy atom. The van der Waals surface area contributed by atoms with Crippen molar-refractivity contribution in [3.63, 3.8) is 0 Å². The molecule has 2 aromatic rings. The molecule has 0 fully saturated rings. The van der Waals surface area contributed by atoms with Gasteiger partial charge >= 0.3 is 0 Å². The van der Waals surface area contributed by atoms with E-state index in [9.17, 15) is 0 Å². The highest BCUT2D eigenvalue weighted by Crippen LogP contribution is 2.28. The molecule has 0 aliphatic carbocycles. The van der Waals surface area contributed by atoms with Crippen molar-refractivity contribution in [3.05, 3.63) is 59.7 Å². The summed E-state index contributed by atoms with van der Waals surface area (Å²) < 4.78 is 5.40. The van der Waals surface area contributed by atoms with Gasteiger partial charge in [0.05, 0.1) is 7.11 Å². The summed E-state index contributed by atoms with van der Waals surface area (Å²) >= 11 is 0. The van der Waals surface area contributed by atoms with Gasteiger partial charge in [-0.3, -0.25) is 4.99 Å². The molecule has 3 rings (SSSR count). The number of methoxy groups -OCH3 is 1. The van der Waals surface area contributed by atoms with Crippen LogP contribution in [-0.2, 0) is 13.0 Å². The van der Waals surface area contributed by atoms with Crippen LogP contribution in [-0.4, -0.2) is 39.2 Å². The quantitative estimate of drug-likeness (QED) is 0.378. The van der Waals surface area contributed by atoms with E-state index in [4.69, 9.17) is 4.74 Å². The second-order valence-corrected chi connectivity index (χ2v) is 6.54. The number of benzene rings is 2. The Hall–Kier alpha value is -1.96. The molecule has 0 saturated carbocycles. The highest BCUT2D eigenvalue weighted by atomic mass is 127. The summed E-state index contributed by atoms with van der Waals surface area (Å²) in [6.07, 6.45) is 1.13. The van der Waals surface area contributed by atoms with Crippen molar-refractivity contribution in [1.29, 1.82) is 0 Å². The van der Waals surface area contributed by atoms with Gasteiger partial charge in [0.2, 0.25) is 0 Å². The summed E-state index contributed by atoms with van der Waals surface area (Å²) in [5, 5.41) is 6.81. The number of hydrogen-bond donors (Lipinski definition) is 2. The van der Waals surface area contributed by atoms with E-state index < -0.39 is 0 Å². The van der Waals surface area contributed by atoms with Crippen LogP contribution in [0, 0.1) is 0 Å². The average molecular weight is 480 g/mol. The van der Waals surface area contributed by atoms with E-state index in [0.29, 0.717) is 12.6 Å². The predicted octanol–water partition coefficient (Wildman–Crippen LogP) is 3.43. The number of rotatable bonds is 6. The first-order chi connectivity index (χ1) is 12.7. The van der Waals surface area contributed by atoms with Crippen LogP contribution in [0.15, 0.2) is 53.5 Å². The maximum atomic E-state index is 5.40. The van der Waals surface area contributed by atoms with E-state index >= 15 is 0 Å². The monoisotopic (exact) mass is 480 g/mol. The first-order valence-corrected chi connectivity index (χ1v) is 9.14. The summed E-state index contributed by atoms with van der Waals surface area (Å²) in [5.74, 6) is 1.69. The van der Waals surface area contributed by atoms with Crippen LogP contribution in [0.2, 0.25) is 0 Å². The number of nitrogens with zero attached hydrogens (tertiary/aromatic N) is 2. The van der Waals surface area contributed by atoms with Gasteiger partial charge in [-0.25, -0.2) is 0 Å². The van der Waals surface area contributed by atoms with Gasteiger partial charge in [0.15, 0.2) is 5.96 Å². The molecule has 1 atom stereocenters. The van der Waals surface area contributed by atoms with Crippen LogP contribution in [0.5, 0.6) is 5.75 Å². The summed E-state index contributed by atoms with van der Waals surface area (Å²) in [7, 11) is 3.49. The molecular weight excluding hydrogens is 451 g/mol. The number of hydrogen-bond acceptors (Lipinski definition) is 3. The average Bonchev–Trinajstić information content (AvgIpc) is 3.12. The zero-order valence-electron chi connectivity index (χ0n) is 16.2. The number of nitrogens with one attached hydrogen (secondary N) is 2. The lowest BCUT2D eigenvalue weighted by Gasteiger charge is -2.28. The van der Waals surface area contributed by atoms with Gasteiger partial charge in [-0.2, -0.15) is 0 Å². The Bertz CT molecular complexity index is 765. The Balaban J connectivity index is 0.00000261. The molecule has 1 aliphatic heterocycles. The SMILES string of the molecule is CN=C(NCc1ccccc1OC)NCC(C)N1CCc2ccccc21.I. The first-order valence-electron chi connectivity index (χ1n) is 9.14. The highest BCUT2D eigenvalue weighted by molar-refractivity contribution is 14.0.